The molecule has 0 aliphatic carbocycles. The molecule has 17 heavy (non-hydrogen) atoms. The van der Waals surface area contributed by atoms with Gasteiger partial charge in [0.15, 0.2) is 23.3 Å². The van der Waals surface area contributed by atoms with Crippen molar-refractivity contribution in [2.75, 3.05) is 11.9 Å². The largest absolute Gasteiger partial charge is 0.375 e. The number of hydrogen-bond donors (Lipinski definition) is 1. The molecule has 8 heteroatoms. The lowest BCUT2D eigenvalue weighted by Gasteiger charge is -2.09. The molecular formula is C9H4Cl2F5N. The zero-order chi connectivity index (χ0) is 13.2. The van der Waals surface area contributed by atoms with Crippen molar-refractivity contribution in [2.24, 2.45) is 0 Å². The third-order valence-electron chi connectivity index (χ3n) is 1.76. The highest BCUT2D eigenvalue weighted by Crippen LogP contribution is 2.27. The molecule has 0 heterocycles. The van der Waals surface area contributed by atoms with Crippen LogP contribution in [0.2, 0.25) is 0 Å². The van der Waals surface area contributed by atoms with E-state index in [4.69, 9.17) is 23.2 Å². The first kappa shape index (κ1) is 14.1. The summed E-state index contributed by atoms with van der Waals surface area (Å²) in [6.45, 7) is -0.372. The molecule has 0 unspecified atom stereocenters. The van der Waals surface area contributed by atoms with Crippen molar-refractivity contribution in [1.29, 1.82) is 0 Å². The molecule has 0 atom stereocenters. The molecule has 0 aliphatic rings. The lowest BCUT2D eigenvalue weighted by Crippen LogP contribution is -2.11. The highest BCUT2D eigenvalue weighted by Gasteiger charge is 2.25. The van der Waals surface area contributed by atoms with E-state index in [2.05, 4.69) is 0 Å². The Morgan fingerprint density at radius 1 is 0.941 bits per heavy atom. The van der Waals surface area contributed by atoms with Gasteiger partial charge in [-0.3, -0.25) is 0 Å². The molecule has 0 amide bonds. The number of hydrogen-bond acceptors (Lipinski definition) is 1. The fourth-order valence-electron chi connectivity index (χ4n) is 0.972. The maximum absolute atomic E-state index is 13.1. The van der Waals surface area contributed by atoms with Crippen molar-refractivity contribution in [1.82, 2.24) is 0 Å². The molecule has 0 spiro atoms. The Labute approximate surface area is 103 Å². The summed E-state index contributed by atoms with van der Waals surface area (Å²) in [4.78, 5) is 0. The van der Waals surface area contributed by atoms with Gasteiger partial charge in [-0.15, -0.1) is 0 Å². The van der Waals surface area contributed by atoms with Gasteiger partial charge in [0.2, 0.25) is 5.82 Å². The van der Waals surface area contributed by atoms with Gasteiger partial charge in [-0.2, -0.15) is 0 Å². The number of anilines is 1. The topological polar surface area (TPSA) is 12.0 Å². The Hall–Kier alpha value is -1.01. The summed E-state index contributed by atoms with van der Waals surface area (Å²) < 4.78 is 64.3. The van der Waals surface area contributed by atoms with Crippen molar-refractivity contribution < 1.29 is 22.0 Å². The van der Waals surface area contributed by atoms with Crippen molar-refractivity contribution in [3.8, 4) is 0 Å². The van der Waals surface area contributed by atoms with Crippen molar-refractivity contribution in [2.45, 2.75) is 0 Å². The van der Waals surface area contributed by atoms with Crippen LogP contribution in [0, 0.1) is 29.1 Å². The lowest BCUT2D eigenvalue weighted by atomic mass is 10.2. The standard InChI is InChI=1S/C9H4Cl2F5N/c10-1-3(11)2-17-9-7(15)5(13)4(12)6(14)8(9)16/h1,17H,2H2. The molecule has 0 aliphatic heterocycles. The molecule has 94 valence electrons. The first-order valence-corrected chi connectivity index (χ1v) is 4.91. The van der Waals surface area contributed by atoms with Crippen LogP contribution in [0.15, 0.2) is 10.6 Å². The summed E-state index contributed by atoms with van der Waals surface area (Å²) in [6, 6.07) is 0. The number of rotatable bonds is 3. The predicted molar refractivity (Wildman–Crippen MR) is 54.5 cm³/mol. The van der Waals surface area contributed by atoms with E-state index in [1.807, 2.05) is 5.32 Å². The van der Waals surface area contributed by atoms with Gasteiger partial charge in [-0.25, -0.2) is 22.0 Å². The fraction of sp³-hybridized carbons (Fsp3) is 0.111. The monoisotopic (exact) mass is 291 g/mol. The van der Waals surface area contributed by atoms with E-state index in [0.717, 1.165) is 5.54 Å². The molecule has 0 radical (unpaired) electrons. The molecule has 0 saturated heterocycles. The van der Waals surface area contributed by atoms with E-state index in [0.29, 0.717) is 0 Å². The summed E-state index contributed by atoms with van der Waals surface area (Å²) >= 11 is 10.5. The van der Waals surface area contributed by atoms with E-state index in [-0.39, 0.29) is 11.6 Å². The summed E-state index contributed by atoms with van der Waals surface area (Å²) in [5.74, 6) is -10.2. The maximum atomic E-state index is 13.1. The van der Waals surface area contributed by atoms with Gasteiger partial charge < -0.3 is 5.32 Å². The average molecular weight is 292 g/mol. The Morgan fingerprint density at radius 3 is 1.76 bits per heavy atom. The smallest absolute Gasteiger partial charge is 0.200 e. The molecular weight excluding hydrogens is 288 g/mol. The first-order valence-electron chi connectivity index (χ1n) is 4.10. The fourth-order valence-corrected chi connectivity index (χ4v) is 1.12. The third-order valence-corrected chi connectivity index (χ3v) is 2.38. The lowest BCUT2D eigenvalue weighted by molar-refractivity contribution is 0.381. The summed E-state index contributed by atoms with van der Waals surface area (Å²) in [5.41, 5.74) is -0.265. The van der Waals surface area contributed by atoms with Gasteiger partial charge in [-0.1, -0.05) is 23.2 Å². The minimum atomic E-state index is -2.22. The molecule has 1 aromatic carbocycles. The van der Waals surface area contributed by atoms with Gasteiger partial charge in [0.1, 0.15) is 5.69 Å². The summed E-state index contributed by atoms with van der Waals surface area (Å²) in [7, 11) is 0. The van der Waals surface area contributed by atoms with Crippen LogP contribution in [0.1, 0.15) is 0 Å². The van der Waals surface area contributed by atoms with Crippen LogP contribution in [0.5, 0.6) is 0 Å². The van der Waals surface area contributed by atoms with Crippen LogP contribution < -0.4 is 5.32 Å². The van der Waals surface area contributed by atoms with Crippen molar-refractivity contribution in [3.05, 3.63) is 39.7 Å². The van der Waals surface area contributed by atoms with E-state index in [9.17, 15) is 22.0 Å². The second-order valence-electron chi connectivity index (χ2n) is 2.85. The maximum Gasteiger partial charge on any atom is 0.200 e. The molecule has 1 N–H and O–H groups in total. The van der Waals surface area contributed by atoms with Crippen LogP contribution in [0.25, 0.3) is 0 Å². The normalized spacial score (nSPS) is 11.8. The minimum absolute atomic E-state index is 0.0596. The number of benzene rings is 1. The van der Waals surface area contributed by atoms with Crippen LogP contribution in [-0.4, -0.2) is 6.54 Å². The van der Waals surface area contributed by atoms with Gasteiger partial charge in [0.05, 0.1) is 6.54 Å². The van der Waals surface area contributed by atoms with E-state index in [1.165, 1.54) is 0 Å². The molecule has 0 bridgehead atoms. The van der Waals surface area contributed by atoms with Crippen LogP contribution in [0.3, 0.4) is 0 Å². The van der Waals surface area contributed by atoms with Gasteiger partial charge in [0.25, 0.3) is 0 Å². The van der Waals surface area contributed by atoms with E-state index >= 15 is 0 Å². The molecule has 1 nitrogen and oxygen atoms in total. The van der Waals surface area contributed by atoms with Crippen LogP contribution >= 0.6 is 23.2 Å². The number of nitrogens with one attached hydrogen (secondary N) is 1. The minimum Gasteiger partial charge on any atom is -0.375 e. The van der Waals surface area contributed by atoms with Gasteiger partial charge >= 0.3 is 0 Å². The van der Waals surface area contributed by atoms with Gasteiger partial charge in [-0.05, 0) is 0 Å². The van der Waals surface area contributed by atoms with Crippen LogP contribution in [-0.2, 0) is 0 Å². The van der Waals surface area contributed by atoms with Crippen LogP contribution in [0.4, 0.5) is 27.6 Å². The zero-order valence-electron chi connectivity index (χ0n) is 7.93. The average Bonchev–Trinajstić information content (AvgIpc) is 2.33. The van der Waals surface area contributed by atoms with Gasteiger partial charge in [0, 0.05) is 10.6 Å². The zero-order valence-corrected chi connectivity index (χ0v) is 9.44. The molecule has 1 rings (SSSR count). The Morgan fingerprint density at radius 2 is 1.35 bits per heavy atom. The number of halogens is 7. The molecule has 1 aromatic rings. The Kier molecular flexibility index (Phi) is 4.59. The predicted octanol–water partition coefficient (Wildman–Crippen LogP) is 4.11. The third kappa shape index (κ3) is 2.81. The Bertz CT molecular complexity index is 446. The molecule has 0 aromatic heterocycles. The molecule has 0 saturated carbocycles. The van der Waals surface area contributed by atoms with E-state index in [1.54, 1.807) is 0 Å². The SMILES string of the molecule is Fc1c(F)c(F)c(NCC(Cl)=CCl)c(F)c1F. The summed E-state index contributed by atoms with van der Waals surface area (Å²) in [5, 5.41) is 1.90. The Balaban J connectivity index is 3.16. The van der Waals surface area contributed by atoms with Crippen molar-refractivity contribution in [3.63, 3.8) is 0 Å². The first-order chi connectivity index (χ1) is 7.90. The van der Waals surface area contributed by atoms with Crippen molar-refractivity contribution >= 4 is 28.9 Å². The quantitative estimate of drug-likeness (QED) is 0.502. The second kappa shape index (κ2) is 5.55. The summed E-state index contributed by atoms with van der Waals surface area (Å²) in [6.07, 6.45) is 0. The molecule has 0 fully saturated rings. The highest BCUT2D eigenvalue weighted by atomic mass is 35.5. The highest BCUT2D eigenvalue weighted by molar-refractivity contribution is 6.36. The van der Waals surface area contributed by atoms with E-state index < -0.39 is 34.8 Å². The second-order valence-corrected chi connectivity index (χ2v) is 3.56.